The van der Waals surface area contributed by atoms with E-state index in [1.807, 2.05) is 30.0 Å². The number of nitrogens with one attached hydrogen (secondary N) is 1. The van der Waals surface area contributed by atoms with Crippen molar-refractivity contribution in [1.29, 1.82) is 0 Å². The molecule has 2 aromatic carbocycles. The number of ether oxygens (including phenoxy) is 1. The Balaban J connectivity index is 1.36. The molecule has 1 heterocycles. The highest BCUT2D eigenvalue weighted by Crippen LogP contribution is 2.34. The van der Waals surface area contributed by atoms with Gasteiger partial charge in [0.1, 0.15) is 11.6 Å². The molecule has 1 saturated carbocycles. The van der Waals surface area contributed by atoms with E-state index < -0.39 is 5.82 Å². The van der Waals surface area contributed by atoms with Crippen molar-refractivity contribution in [3.8, 4) is 5.75 Å². The highest BCUT2D eigenvalue weighted by molar-refractivity contribution is 5.99. The molecule has 6 heteroatoms. The number of carbonyl (C=O) groups excluding carboxylic acids is 2. The Labute approximate surface area is 169 Å². The second-order valence-electron chi connectivity index (χ2n) is 7.87. The summed E-state index contributed by atoms with van der Waals surface area (Å²) in [4.78, 5) is 27.3. The van der Waals surface area contributed by atoms with Crippen LogP contribution >= 0.6 is 0 Å². The molecule has 2 aromatic rings. The van der Waals surface area contributed by atoms with Crippen LogP contribution in [0, 0.1) is 18.7 Å². The maximum absolute atomic E-state index is 14.1. The molecule has 4 rings (SSSR count). The molecule has 2 amide bonds. The van der Waals surface area contributed by atoms with Crippen LogP contribution in [0.25, 0.3) is 0 Å². The predicted molar refractivity (Wildman–Crippen MR) is 108 cm³/mol. The number of carbonyl (C=O) groups is 2. The molecule has 1 aliphatic carbocycles. The first kappa shape index (κ1) is 19.4. The van der Waals surface area contributed by atoms with Gasteiger partial charge in [-0.05, 0) is 61.9 Å². The summed E-state index contributed by atoms with van der Waals surface area (Å²) in [6.07, 6.45) is 2.94. The molecular weight excluding hydrogens is 371 g/mol. The van der Waals surface area contributed by atoms with E-state index in [0.717, 1.165) is 29.5 Å². The number of aryl methyl sites for hydroxylation is 1. The Hall–Kier alpha value is -2.89. The van der Waals surface area contributed by atoms with Crippen LogP contribution in [-0.4, -0.2) is 29.9 Å². The zero-order valence-corrected chi connectivity index (χ0v) is 16.7. The molecule has 152 valence electrons. The maximum atomic E-state index is 14.1. The summed E-state index contributed by atoms with van der Waals surface area (Å²) in [5.41, 5.74) is 3.23. The number of amides is 2. The van der Waals surface area contributed by atoms with Gasteiger partial charge in [-0.1, -0.05) is 12.1 Å². The van der Waals surface area contributed by atoms with Crippen molar-refractivity contribution in [2.75, 3.05) is 12.4 Å². The number of hydrogen-bond acceptors (Lipinski definition) is 3. The first-order valence-electron chi connectivity index (χ1n) is 10.0. The first-order chi connectivity index (χ1) is 14.0. The zero-order chi connectivity index (χ0) is 20.5. The third-order valence-electron chi connectivity index (χ3n) is 6.17. The summed E-state index contributed by atoms with van der Waals surface area (Å²) in [5.74, 6) is -0.347. The molecule has 0 atom stereocenters. The minimum absolute atomic E-state index is 0.0944. The van der Waals surface area contributed by atoms with Gasteiger partial charge in [0.05, 0.1) is 12.8 Å². The van der Waals surface area contributed by atoms with E-state index in [2.05, 4.69) is 5.32 Å². The lowest BCUT2D eigenvalue weighted by Gasteiger charge is -2.34. The molecule has 1 N–H and O–H groups in total. The highest BCUT2D eigenvalue weighted by Gasteiger charge is 2.36. The average molecular weight is 396 g/mol. The van der Waals surface area contributed by atoms with Crippen molar-refractivity contribution in [2.45, 2.75) is 45.2 Å². The quantitative estimate of drug-likeness (QED) is 0.838. The Kier molecular flexibility index (Phi) is 5.26. The number of benzene rings is 2. The Morgan fingerprint density at radius 1 is 1.17 bits per heavy atom. The summed E-state index contributed by atoms with van der Waals surface area (Å²) in [6, 6.07) is 10.4. The van der Waals surface area contributed by atoms with E-state index >= 15 is 0 Å². The number of fused-ring (bicyclic) bond motifs is 1. The van der Waals surface area contributed by atoms with Crippen molar-refractivity contribution in [1.82, 2.24) is 4.90 Å². The van der Waals surface area contributed by atoms with Gasteiger partial charge in [0.2, 0.25) is 5.91 Å². The summed E-state index contributed by atoms with van der Waals surface area (Å²) in [6.45, 7) is 2.69. The molecule has 1 aliphatic heterocycles. The number of halogens is 1. The summed E-state index contributed by atoms with van der Waals surface area (Å²) >= 11 is 0. The van der Waals surface area contributed by atoms with E-state index in [4.69, 9.17) is 4.74 Å². The molecule has 2 aliphatic rings. The standard InChI is InChI=1S/C23H25FN2O3/c1-14-4-3-5-18-19(14)13-26(23(18)28)16-8-6-15(7-9-16)22(27)25-21-11-10-17(29-2)12-20(21)24/h3-5,10-12,15-16H,6-9,13H2,1-2H3,(H,25,27). The molecule has 5 nitrogen and oxygen atoms in total. The van der Waals surface area contributed by atoms with Crippen LogP contribution in [0.1, 0.15) is 47.2 Å². The van der Waals surface area contributed by atoms with Gasteiger partial charge in [-0.25, -0.2) is 4.39 Å². The van der Waals surface area contributed by atoms with Crippen molar-refractivity contribution in [3.05, 3.63) is 58.9 Å². The smallest absolute Gasteiger partial charge is 0.254 e. The minimum Gasteiger partial charge on any atom is -0.497 e. The van der Waals surface area contributed by atoms with Gasteiger partial charge in [0.25, 0.3) is 5.91 Å². The van der Waals surface area contributed by atoms with Crippen molar-refractivity contribution in [2.24, 2.45) is 5.92 Å². The fourth-order valence-corrected chi connectivity index (χ4v) is 4.41. The Bertz CT molecular complexity index is 951. The van der Waals surface area contributed by atoms with Gasteiger partial charge in [0, 0.05) is 30.1 Å². The molecule has 0 unspecified atom stereocenters. The Morgan fingerprint density at radius 3 is 2.59 bits per heavy atom. The summed E-state index contributed by atoms with van der Waals surface area (Å²) in [5, 5.41) is 2.70. The van der Waals surface area contributed by atoms with Crippen LogP contribution in [0.4, 0.5) is 10.1 Å². The molecule has 0 radical (unpaired) electrons. The first-order valence-corrected chi connectivity index (χ1v) is 10.0. The molecular formula is C23H25FN2O3. The lowest BCUT2D eigenvalue weighted by atomic mass is 9.84. The van der Waals surface area contributed by atoms with Crippen LogP contribution in [-0.2, 0) is 11.3 Å². The number of hydrogen-bond donors (Lipinski definition) is 1. The SMILES string of the molecule is COc1ccc(NC(=O)C2CCC(N3Cc4c(C)cccc4C3=O)CC2)c(F)c1. The minimum atomic E-state index is -0.512. The second-order valence-corrected chi connectivity index (χ2v) is 7.87. The predicted octanol–water partition coefficient (Wildman–Crippen LogP) is 4.30. The lowest BCUT2D eigenvalue weighted by Crippen LogP contribution is -2.40. The summed E-state index contributed by atoms with van der Waals surface area (Å²) < 4.78 is 19.1. The number of anilines is 1. The van der Waals surface area contributed by atoms with Crippen LogP contribution < -0.4 is 10.1 Å². The normalized spacial score (nSPS) is 21.1. The number of rotatable bonds is 4. The van der Waals surface area contributed by atoms with E-state index in [9.17, 15) is 14.0 Å². The molecule has 1 fully saturated rings. The fraction of sp³-hybridized carbons (Fsp3) is 0.391. The topological polar surface area (TPSA) is 58.6 Å². The molecule has 0 spiro atoms. The zero-order valence-electron chi connectivity index (χ0n) is 16.7. The lowest BCUT2D eigenvalue weighted by molar-refractivity contribution is -0.121. The molecule has 0 saturated heterocycles. The van der Waals surface area contributed by atoms with Crippen molar-refractivity contribution in [3.63, 3.8) is 0 Å². The molecule has 29 heavy (non-hydrogen) atoms. The van der Waals surface area contributed by atoms with E-state index in [0.29, 0.717) is 25.1 Å². The molecule has 0 bridgehead atoms. The summed E-state index contributed by atoms with van der Waals surface area (Å²) in [7, 11) is 1.47. The fourth-order valence-electron chi connectivity index (χ4n) is 4.41. The van der Waals surface area contributed by atoms with Crippen LogP contribution in [0.3, 0.4) is 0 Å². The van der Waals surface area contributed by atoms with Crippen molar-refractivity contribution >= 4 is 17.5 Å². The largest absolute Gasteiger partial charge is 0.497 e. The van der Waals surface area contributed by atoms with Gasteiger partial charge in [-0.3, -0.25) is 9.59 Å². The van der Waals surface area contributed by atoms with Crippen LogP contribution in [0.5, 0.6) is 5.75 Å². The van der Waals surface area contributed by atoms with Gasteiger partial charge in [-0.2, -0.15) is 0 Å². The maximum Gasteiger partial charge on any atom is 0.254 e. The number of nitrogens with zero attached hydrogens (tertiary/aromatic N) is 1. The second kappa shape index (κ2) is 7.85. The van der Waals surface area contributed by atoms with Crippen molar-refractivity contribution < 1.29 is 18.7 Å². The van der Waals surface area contributed by atoms with Crippen LogP contribution in [0.2, 0.25) is 0 Å². The van der Waals surface area contributed by atoms with Gasteiger partial charge in [-0.15, -0.1) is 0 Å². The van der Waals surface area contributed by atoms with E-state index in [1.165, 1.54) is 19.2 Å². The third-order valence-corrected chi connectivity index (χ3v) is 6.17. The molecule has 0 aromatic heterocycles. The Morgan fingerprint density at radius 2 is 1.93 bits per heavy atom. The van der Waals surface area contributed by atoms with Crippen LogP contribution in [0.15, 0.2) is 36.4 Å². The van der Waals surface area contributed by atoms with E-state index in [-0.39, 0.29) is 29.5 Å². The third kappa shape index (κ3) is 3.71. The van der Waals surface area contributed by atoms with Gasteiger partial charge < -0.3 is 15.0 Å². The van der Waals surface area contributed by atoms with Gasteiger partial charge >= 0.3 is 0 Å². The average Bonchev–Trinajstić information content (AvgIpc) is 3.07. The van der Waals surface area contributed by atoms with E-state index in [1.54, 1.807) is 6.07 Å². The number of methoxy groups -OCH3 is 1. The monoisotopic (exact) mass is 396 g/mol. The van der Waals surface area contributed by atoms with Gasteiger partial charge in [0.15, 0.2) is 0 Å². The highest BCUT2D eigenvalue weighted by atomic mass is 19.1.